The number of nitrogens with one attached hydrogen (secondary N) is 2. The number of morpholine rings is 1. The van der Waals surface area contributed by atoms with E-state index in [1.54, 1.807) is 4.80 Å². The first-order valence-corrected chi connectivity index (χ1v) is 5.24. The molecule has 82 valence electrons. The van der Waals surface area contributed by atoms with E-state index in [0.717, 1.165) is 31.9 Å². The summed E-state index contributed by atoms with van der Waals surface area (Å²) < 4.78 is 5.88. The quantitative estimate of drug-likeness (QED) is 0.609. The highest BCUT2D eigenvalue weighted by Gasteiger charge is 2.48. The van der Waals surface area contributed by atoms with Crippen LogP contribution in [0.2, 0.25) is 0 Å². The van der Waals surface area contributed by atoms with Crippen molar-refractivity contribution >= 4 is 0 Å². The molecule has 2 fully saturated rings. The predicted octanol–water partition coefficient (Wildman–Crippen LogP) is -1.18. The van der Waals surface area contributed by atoms with E-state index in [1.807, 2.05) is 13.2 Å². The van der Waals surface area contributed by atoms with Crippen molar-refractivity contribution in [2.45, 2.75) is 11.6 Å². The molecule has 2 aliphatic rings. The van der Waals surface area contributed by atoms with Crippen LogP contribution in [0.3, 0.4) is 0 Å². The minimum atomic E-state index is -0.103. The highest BCUT2D eigenvalue weighted by atomic mass is 16.5. The van der Waals surface area contributed by atoms with Crippen LogP contribution >= 0.6 is 0 Å². The van der Waals surface area contributed by atoms with Crippen LogP contribution in [0.4, 0.5) is 0 Å². The van der Waals surface area contributed by atoms with E-state index in [2.05, 4.69) is 20.8 Å². The summed E-state index contributed by atoms with van der Waals surface area (Å²) in [6.45, 7) is 3.43. The Labute approximate surface area is 88.0 Å². The Bertz CT molecular complexity index is 359. The van der Waals surface area contributed by atoms with Gasteiger partial charge in [0.1, 0.15) is 11.3 Å². The van der Waals surface area contributed by atoms with Gasteiger partial charge in [0.25, 0.3) is 0 Å². The van der Waals surface area contributed by atoms with Gasteiger partial charge in [-0.1, -0.05) is 0 Å². The van der Waals surface area contributed by atoms with Crippen LogP contribution in [0, 0.1) is 0 Å². The zero-order chi connectivity index (χ0) is 10.3. The summed E-state index contributed by atoms with van der Waals surface area (Å²) in [5.74, 6) is 0. The second-order valence-corrected chi connectivity index (χ2v) is 4.16. The van der Waals surface area contributed by atoms with E-state index in [1.165, 1.54) is 0 Å². The third-order valence-corrected chi connectivity index (χ3v) is 3.13. The highest BCUT2D eigenvalue weighted by Crippen LogP contribution is 2.33. The van der Waals surface area contributed by atoms with Gasteiger partial charge in [0.2, 0.25) is 0 Å². The summed E-state index contributed by atoms with van der Waals surface area (Å²) in [6, 6.07) is 0.168. The van der Waals surface area contributed by atoms with Crippen LogP contribution in [-0.2, 0) is 11.8 Å². The smallest absolute Gasteiger partial charge is 0.114 e. The van der Waals surface area contributed by atoms with Gasteiger partial charge >= 0.3 is 0 Å². The minimum Gasteiger partial charge on any atom is -0.369 e. The molecule has 1 aromatic heterocycles. The molecule has 3 heterocycles. The largest absolute Gasteiger partial charge is 0.369 e. The van der Waals surface area contributed by atoms with Gasteiger partial charge in [-0.3, -0.25) is 0 Å². The second kappa shape index (κ2) is 3.26. The van der Waals surface area contributed by atoms with Gasteiger partial charge in [0.05, 0.1) is 18.8 Å². The molecule has 2 N–H and O–H groups in total. The van der Waals surface area contributed by atoms with Crippen LogP contribution in [0.1, 0.15) is 11.7 Å². The number of hydrogen-bond acceptors (Lipinski definition) is 5. The number of nitrogens with zero attached hydrogens (tertiary/aromatic N) is 3. The van der Waals surface area contributed by atoms with Crippen LogP contribution in [-0.4, -0.2) is 46.8 Å². The van der Waals surface area contributed by atoms with Gasteiger partial charge in [0, 0.05) is 26.7 Å². The second-order valence-electron chi connectivity index (χ2n) is 4.16. The predicted molar refractivity (Wildman–Crippen MR) is 53.3 cm³/mol. The Morgan fingerprint density at radius 2 is 2.47 bits per heavy atom. The van der Waals surface area contributed by atoms with Gasteiger partial charge in [-0.2, -0.15) is 15.0 Å². The third-order valence-electron chi connectivity index (χ3n) is 3.13. The molecule has 0 aliphatic carbocycles. The zero-order valence-electron chi connectivity index (χ0n) is 8.73. The van der Waals surface area contributed by atoms with Crippen molar-refractivity contribution < 1.29 is 4.74 Å². The first kappa shape index (κ1) is 9.26. The number of aryl methyl sites for hydroxylation is 1. The molecular formula is C9H15N5O. The first-order chi connectivity index (χ1) is 7.30. The molecule has 6 heteroatoms. The van der Waals surface area contributed by atoms with Crippen LogP contribution in [0.5, 0.6) is 0 Å². The average molecular weight is 209 g/mol. The first-order valence-electron chi connectivity index (χ1n) is 5.24. The summed E-state index contributed by atoms with van der Waals surface area (Å²) in [5.41, 5.74) is 0.868. The van der Waals surface area contributed by atoms with Crippen molar-refractivity contribution in [3.05, 3.63) is 11.9 Å². The monoisotopic (exact) mass is 209 g/mol. The molecule has 3 rings (SSSR count). The van der Waals surface area contributed by atoms with Gasteiger partial charge < -0.3 is 15.4 Å². The summed E-state index contributed by atoms with van der Waals surface area (Å²) in [6.07, 6.45) is 1.81. The Morgan fingerprint density at radius 3 is 3.07 bits per heavy atom. The zero-order valence-corrected chi connectivity index (χ0v) is 8.73. The maximum absolute atomic E-state index is 5.88. The highest BCUT2D eigenvalue weighted by molar-refractivity contribution is 5.15. The number of aromatic nitrogens is 3. The van der Waals surface area contributed by atoms with E-state index in [0.29, 0.717) is 0 Å². The summed E-state index contributed by atoms with van der Waals surface area (Å²) in [5, 5.41) is 15.2. The van der Waals surface area contributed by atoms with Crippen molar-refractivity contribution in [2.75, 3.05) is 26.2 Å². The normalized spacial score (nSPS) is 29.0. The maximum atomic E-state index is 5.88. The topological polar surface area (TPSA) is 64.0 Å². The maximum Gasteiger partial charge on any atom is 0.114 e. The Morgan fingerprint density at radius 1 is 1.60 bits per heavy atom. The molecule has 0 aromatic carbocycles. The molecule has 1 atom stereocenters. The standard InChI is InChI=1S/C9H15N5O/c1-14-12-4-7(13-14)8-9(5-10-6-9)15-3-2-11-8/h4,8,10-11H,2-3,5-6H2,1H3. The van der Waals surface area contributed by atoms with Crippen molar-refractivity contribution in [1.82, 2.24) is 25.6 Å². The molecule has 0 saturated carbocycles. The summed E-state index contributed by atoms with van der Waals surface area (Å²) in [7, 11) is 1.83. The summed E-state index contributed by atoms with van der Waals surface area (Å²) >= 11 is 0. The van der Waals surface area contributed by atoms with E-state index >= 15 is 0 Å². The Kier molecular flexibility index (Phi) is 2.01. The van der Waals surface area contributed by atoms with Crippen molar-refractivity contribution in [3.63, 3.8) is 0 Å². The lowest BCUT2D eigenvalue weighted by molar-refractivity contribution is -0.129. The molecule has 15 heavy (non-hydrogen) atoms. The molecule has 1 spiro atoms. The van der Waals surface area contributed by atoms with Crippen LogP contribution in [0.15, 0.2) is 6.20 Å². The SMILES string of the molecule is Cn1ncc(C2NCCOC23CNC3)n1. The van der Waals surface area contributed by atoms with Gasteiger partial charge in [-0.25, -0.2) is 0 Å². The van der Waals surface area contributed by atoms with Gasteiger partial charge in [-0.15, -0.1) is 0 Å². The van der Waals surface area contributed by atoms with Gasteiger partial charge in [0.15, 0.2) is 0 Å². The molecule has 2 aliphatic heterocycles. The molecule has 0 bridgehead atoms. The molecule has 1 unspecified atom stereocenters. The number of ether oxygens (including phenoxy) is 1. The fraction of sp³-hybridized carbons (Fsp3) is 0.778. The molecule has 0 amide bonds. The fourth-order valence-corrected chi connectivity index (χ4v) is 2.27. The van der Waals surface area contributed by atoms with Crippen molar-refractivity contribution in [1.29, 1.82) is 0 Å². The van der Waals surface area contributed by atoms with Crippen LogP contribution in [0.25, 0.3) is 0 Å². The van der Waals surface area contributed by atoms with Gasteiger partial charge in [-0.05, 0) is 0 Å². The number of hydrogen-bond donors (Lipinski definition) is 2. The van der Waals surface area contributed by atoms with Crippen LogP contribution < -0.4 is 10.6 Å². The molecular weight excluding hydrogens is 194 g/mol. The molecule has 1 aromatic rings. The van der Waals surface area contributed by atoms with E-state index < -0.39 is 0 Å². The molecule has 0 radical (unpaired) electrons. The average Bonchev–Trinajstić information content (AvgIpc) is 2.62. The lowest BCUT2D eigenvalue weighted by Crippen LogP contribution is -2.69. The van der Waals surface area contributed by atoms with E-state index in [9.17, 15) is 0 Å². The minimum absolute atomic E-state index is 0.103. The molecule has 2 saturated heterocycles. The molecule has 6 nitrogen and oxygen atoms in total. The fourth-order valence-electron chi connectivity index (χ4n) is 2.27. The number of rotatable bonds is 1. The lowest BCUT2D eigenvalue weighted by Gasteiger charge is -2.49. The lowest BCUT2D eigenvalue weighted by atomic mass is 9.85. The Balaban J connectivity index is 1.89. The Hall–Kier alpha value is -0.980. The van der Waals surface area contributed by atoms with E-state index in [-0.39, 0.29) is 11.6 Å². The third kappa shape index (κ3) is 1.37. The summed E-state index contributed by atoms with van der Waals surface area (Å²) in [4.78, 5) is 1.59. The van der Waals surface area contributed by atoms with Crippen molar-refractivity contribution in [3.8, 4) is 0 Å². The van der Waals surface area contributed by atoms with Crippen molar-refractivity contribution in [2.24, 2.45) is 7.05 Å². The van der Waals surface area contributed by atoms with E-state index in [4.69, 9.17) is 4.74 Å².